The van der Waals surface area contributed by atoms with Crippen LogP contribution in [0, 0.1) is 27.7 Å². The molecule has 344 valence electrons. The van der Waals surface area contributed by atoms with E-state index in [-0.39, 0.29) is 6.71 Å². The summed E-state index contributed by atoms with van der Waals surface area (Å²) in [6.45, 7) is 9.09. The molecule has 0 amide bonds. The van der Waals surface area contributed by atoms with Gasteiger partial charge in [-0.25, -0.2) is 0 Å². The third-order valence-corrected chi connectivity index (χ3v) is 19.2. The summed E-state index contributed by atoms with van der Waals surface area (Å²) in [7, 11) is 0. The molecule has 3 aliphatic heterocycles. The molecule has 1 spiro atoms. The van der Waals surface area contributed by atoms with Crippen molar-refractivity contribution in [2.75, 3.05) is 0 Å². The topological polar surface area (TPSA) is 9.86 Å². The van der Waals surface area contributed by atoms with Crippen molar-refractivity contribution in [3.8, 4) is 44.9 Å². The van der Waals surface area contributed by atoms with Crippen LogP contribution in [0.2, 0.25) is 0 Å². The molecule has 0 unspecified atom stereocenters. The Bertz CT molecular complexity index is 4210. The average Bonchev–Trinajstić information content (AvgIpc) is 4.29. The van der Waals surface area contributed by atoms with E-state index in [0.29, 0.717) is 11.8 Å². The zero-order valence-corrected chi connectivity index (χ0v) is 41.7. The first-order valence-corrected chi connectivity index (χ1v) is 27.2. The molecule has 9 aromatic carbocycles. The smallest absolute Gasteiger partial charge is 0.252 e. The van der Waals surface area contributed by atoms with E-state index in [1.165, 1.54) is 201 Å². The Balaban J connectivity index is 1.12. The summed E-state index contributed by atoms with van der Waals surface area (Å²) >= 11 is 0. The largest absolute Gasteiger partial charge is 0.310 e. The van der Waals surface area contributed by atoms with Crippen LogP contribution in [0.4, 0.5) is 0 Å². The average molecular weight is 923 g/mol. The molecule has 0 bridgehead atoms. The van der Waals surface area contributed by atoms with Crippen molar-refractivity contribution in [2.45, 2.75) is 96.3 Å². The monoisotopic (exact) mass is 922 g/mol. The second kappa shape index (κ2) is 14.0. The van der Waals surface area contributed by atoms with Crippen LogP contribution < -0.4 is 16.4 Å². The third-order valence-electron chi connectivity index (χ3n) is 19.2. The van der Waals surface area contributed by atoms with Crippen LogP contribution in [0.15, 0.2) is 152 Å². The molecular formula is C69H55BN2. The van der Waals surface area contributed by atoms with E-state index in [4.69, 9.17) is 0 Å². The molecule has 3 heteroatoms. The molecule has 2 nitrogen and oxygen atoms in total. The van der Waals surface area contributed by atoms with Crippen LogP contribution in [0.1, 0.15) is 119 Å². The second-order valence-corrected chi connectivity index (χ2v) is 23.1. The fourth-order valence-electron chi connectivity index (χ4n) is 16.1. The molecule has 11 aromatic rings. The lowest BCUT2D eigenvalue weighted by Crippen LogP contribution is -2.60. The summed E-state index contributed by atoms with van der Waals surface area (Å²) in [4.78, 5) is 0. The van der Waals surface area contributed by atoms with E-state index < -0.39 is 5.41 Å². The van der Waals surface area contributed by atoms with Crippen LogP contribution in [0.25, 0.3) is 88.4 Å². The van der Waals surface area contributed by atoms with Crippen molar-refractivity contribution in [2.24, 2.45) is 0 Å². The summed E-state index contributed by atoms with van der Waals surface area (Å²) in [6.07, 6.45) is 10.4. The molecule has 5 heterocycles. The lowest BCUT2D eigenvalue weighted by atomic mass is 9.33. The van der Waals surface area contributed by atoms with Crippen molar-refractivity contribution in [3.63, 3.8) is 0 Å². The molecule has 17 rings (SSSR count). The van der Waals surface area contributed by atoms with E-state index in [0.717, 1.165) is 0 Å². The summed E-state index contributed by atoms with van der Waals surface area (Å²) < 4.78 is 5.60. The molecule has 72 heavy (non-hydrogen) atoms. The van der Waals surface area contributed by atoms with Gasteiger partial charge in [-0.15, -0.1) is 0 Å². The maximum absolute atomic E-state index is 2.85. The highest BCUT2D eigenvalue weighted by molar-refractivity contribution is 7.00. The number of hydrogen-bond acceptors (Lipinski definition) is 0. The number of hydrogen-bond donors (Lipinski definition) is 0. The fourth-order valence-corrected chi connectivity index (χ4v) is 16.1. The predicted molar refractivity (Wildman–Crippen MR) is 303 cm³/mol. The van der Waals surface area contributed by atoms with Crippen LogP contribution >= 0.6 is 0 Å². The second-order valence-electron chi connectivity index (χ2n) is 23.1. The number of fused-ring (bicyclic) bond motifs is 13. The Hall–Kier alpha value is -7.36. The molecule has 2 aromatic heterocycles. The van der Waals surface area contributed by atoms with E-state index in [2.05, 4.69) is 188 Å². The lowest BCUT2D eigenvalue weighted by Gasteiger charge is -2.44. The quantitative estimate of drug-likeness (QED) is 0.156. The van der Waals surface area contributed by atoms with Gasteiger partial charge in [0.15, 0.2) is 0 Å². The summed E-state index contributed by atoms with van der Waals surface area (Å²) in [5, 5.41) is 6.93. The van der Waals surface area contributed by atoms with Crippen LogP contribution in [-0.2, 0) is 5.41 Å². The Morgan fingerprint density at radius 1 is 0.458 bits per heavy atom. The van der Waals surface area contributed by atoms with Gasteiger partial charge in [0.25, 0.3) is 6.71 Å². The zero-order chi connectivity index (χ0) is 47.5. The highest BCUT2D eigenvalue weighted by Crippen LogP contribution is 2.63. The van der Waals surface area contributed by atoms with E-state index in [1.807, 2.05) is 0 Å². The minimum Gasteiger partial charge on any atom is -0.310 e. The summed E-state index contributed by atoms with van der Waals surface area (Å²) in [5.74, 6) is 1.16. The lowest BCUT2D eigenvalue weighted by molar-refractivity contribution is 0.709. The molecule has 2 saturated carbocycles. The van der Waals surface area contributed by atoms with E-state index >= 15 is 0 Å². The molecular weight excluding hydrogens is 868 g/mol. The first kappa shape index (κ1) is 40.3. The van der Waals surface area contributed by atoms with Crippen molar-refractivity contribution in [1.82, 2.24) is 9.13 Å². The van der Waals surface area contributed by atoms with Crippen LogP contribution in [0.5, 0.6) is 0 Å². The fraction of sp³-hybridized carbons (Fsp3) is 0.217. The Morgan fingerprint density at radius 3 is 1.71 bits per heavy atom. The van der Waals surface area contributed by atoms with Crippen molar-refractivity contribution >= 4 is 66.6 Å². The van der Waals surface area contributed by atoms with Gasteiger partial charge in [0.05, 0.1) is 22.1 Å². The Kier molecular flexibility index (Phi) is 7.82. The van der Waals surface area contributed by atoms with Gasteiger partial charge in [-0.3, -0.25) is 0 Å². The molecule has 0 radical (unpaired) electrons. The summed E-state index contributed by atoms with van der Waals surface area (Å²) in [5.41, 5.74) is 32.9. The number of aryl methyl sites for hydroxylation is 4. The molecule has 2 fully saturated rings. The first-order valence-electron chi connectivity index (χ1n) is 27.2. The van der Waals surface area contributed by atoms with Gasteiger partial charge in [0, 0.05) is 38.6 Å². The molecule has 0 N–H and O–H groups in total. The highest BCUT2D eigenvalue weighted by Gasteiger charge is 2.55. The third kappa shape index (κ3) is 4.89. The number of aromatic nitrogens is 2. The number of nitrogens with zero attached hydrogens (tertiary/aromatic N) is 2. The maximum atomic E-state index is 2.85. The predicted octanol–water partition coefficient (Wildman–Crippen LogP) is 15.6. The van der Waals surface area contributed by atoms with Crippen molar-refractivity contribution in [3.05, 3.63) is 207 Å². The van der Waals surface area contributed by atoms with Crippen LogP contribution in [-0.4, -0.2) is 15.8 Å². The number of benzene rings is 9. The minimum absolute atomic E-state index is 0.0325. The SMILES string of the molecule is Cc1ccc(-c2c(-c3ccc(C)cc3)n3c4c(cc5ccccc5c24)B2c4c-3ccc3c4-n4c5c2cc(C2CCCC2)cc5c2cc(C5CCCC5)cc(c24)C32c3cc(C)ccc3-c3ccc(C)cc32)cc1. The minimum atomic E-state index is -0.511. The van der Waals surface area contributed by atoms with Gasteiger partial charge in [-0.2, -0.15) is 0 Å². The highest BCUT2D eigenvalue weighted by atomic mass is 15.1. The molecule has 3 aliphatic carbocycles. The Morgan fingerprint density at radius 2 is 1.04 bits per heavy atom. The van der Waals surface area contributed by atoms with Crippen LogP contribution in [0.3, 0.4) is 0 Å². The van der Waals surface area contributed by atoms with Gasteiger partial charge < -0.3 is 9.13 Å². The summed E-state index contributed by atoms with van der Waals surface area (Å²) in [6, 6.07) is 61.6. The van der Waals surface area contributed by atoms with Gasteiger partial charge >= 0.3 is 0 Å². The van der Waals surface area contributed by atoms with E-state index in [1.54, 1.807) is 11.1 Å². The van der Waals surface area contributed by atoms with Crippen molar-refractivity contribution in [1.29, 1.82) is 0 Å². The van der Waals surface area contributed by atoms with Gasteiger partial charge in [0.2, 0.25) is 0 Å². The normalized spacial score (nSPS) is 16.7. The van der Waals surface area contributed by atoms with E-state index in [9.17, 15) is 0 Å². The van der Waals surface area contributed by atoms with Gasteiger partial charge in [-0.1, -0.05) is 181 Å². The first-order chi connectivity index (χ1) is 35.3. The zero-order valence-electron chi connectivity index (χ0n) is 41.7. The van der Waals surface area contributed by atoms with Crippen molar-refractivity contribution < 1.29 is 0 Å². The molecule has 0 atom stereocenters. The number of rotatable bonds is 4. The molecule has 0 saturated heterocycles. The van der Waals surface area contributed by atoms with Gasteiger partial charge in [-0.05, 0) is 166 Å². The molecule has 6 aliphatic rings. The van der Waals surface area contributed by atoms with Gasteiger partial charge in [0.1, 0.15) is 0 Å². The Labute approximate surface area is 422 Å². The maximum Gasteiger partial charge on any atom is 0.252 e. The standard InChI is InChI=1S/C69H55BN2/c1-38-17-23-44(24-18-38)61-62-49-16-10-9-15-46(49)36-59-68(62)71(64(61)45-25-19-39(2)20-26-45)60-30-29-54-67-63(60)70(59)58-37-48(43-13-7-8-14-43)34-53-52-33-47(42-11-5-6-12-42)35-57(65(52)72(67)66(53)58)69(54)55-31-40(3)21-27-50(55)51-28-22-41(4)32-56(51)69/h9-10,15-37,42-43H,5-8,11-14H2,1-4H3.